The third-order valence-corrected chi connectivity index (χ3v) is 6.25. The quantitative estimate of drug-likeness (QED) is 0.344. The monoisotopic (exact) mass is 490 g/mol. The highest BCUT2D eigenvalue weighted by molar-refractivity contribution is 5.89. The molecule has 1 aromatic carbocycles. The number of aromatic nitrogens is 4. The molecule has 0 radical (unpaired) electrons. The molecule has 10 nitrogen and oxygen atoms in total. The van der Waals surface area contributed by atoms with Gasteiger partial charge in [-0.2, -0.15) is 9.61 Å². The van der Waals surface area contributed by atoms with Gasteiger partial charge in [-0.05, 0) is 25.3 Å². The smallest absolute Gasteiger partial charge is 0.345 e. The van der Waals surface area contributed by atoms with Crippen molar-refractivity contribution in [2.24, 2.45) is 0 Å². The Morgan fingerprint density at radius 3 is 2.67 bits per heavy atom. The van der Waals surface area contributed by atoms with Crippen molar-refractivity contribution >= 4 is 17.4 Å². The van der Waals surface area contributed by atoms with Gasteiger partial charge in [0, 0.05) is 25.1 Å². The van der Waals surface area contributed by atoms with Gasteiger partial charge in [0.1, 0.15) is 28.8 Å². The lowest BCUT2D eigenvalue weighted by Gasteiger charge is -2.28. The zero-order valence-electron chi connectivity index (χ0n) is 19.8. The van der Waals surface area contributed by atoms with Gasteiger partial charge >= 0.3 is 5.97 Å². The van der Waals surface area contributed by atoms with Gasteiger partial charge in [-0.25, -0.2) is 9.78 Å². The Morgan fingerprint density at radius 1 is 1.19 bits per heavy atom. The minimum absolute atomic E-state index is 0.0671. The van der Waals surface area contributed by atoms with Gasteiger partial charge in [-0.1, -0.05) is 30.3 Å². The van der Waals surface area contributed by atoms with Crippen LogP contribution in [0, 0.1) is 0 Å². The maximum absolute atomic E-state index is 13.2. The van der Waals surface area contributed by atoms with Crippen LogP contribution in [0.3, 0.4) is 0 Å². The van der Waals surface area contributed by atoms with Crippen LogP contribution in [0.4, 0.5) is 0 Å². The van der Waals surface area contributed by atoms with Crippen molar-refractivity contribution in [1.82, 2.24) is 19.2 Å². The molecule has 3 heterocycles. The molecule has 0 amide bonds. The average Bonchev–Trinajstić information content (AvgIpc) is 3.58. The highest BCUT2D eigenvalue weighted by Crippen LogP contribution is 2.28. The number of rotatable bonds is 8. The van der Waals surface area contributed by atoms with Crippen molar-refractivity contribution in [3.05, 3.63) is 76.7 Å². The first-order valence-corrected chi connectivity index (χ1v) is 11.9. The summed E-state index contributed by atoms with van der Waals surface area (Å²) in [5, 5.41) is 4.39. The summed E-state index contributed by atoms with van der Waals surface area (Å²) in [6.45, 7) is 2.11. The molecule has 1 aliphatic carbocycles. The van der Waals surface area contributed by atoms with Crippen molar-refractivity contribution in [2.45, 2.75) is 51.4 Å². The van der Waals surface area contributed by atoms with Crippen LogP contribution >= 0.6 is 0 Å². The lowest BCUT2D eigenvalue weighted by molar-refractivity contribution is -0.124. The number of ketones is 1. The summed E-state index contributed by atoms with van der Waals surface area (Å²) < 4.78 is 19.9. The molecule has 186 valence electrons. The fraction of sp³-hybridized carbons (Fsp3) is 0.346. The van der Waals surface area contributed by atoms with Crippen molar-refractivity contribution in [3.63, 3.8) is 0 Å². The van der Waals surface area contributed by atoms with Gasteiger partial charge in [-0.3, -0.25) is 9.59 Å². The topological polar surface area (TPSA) is 118 Å². The fourth-order valence-corrected chi connectivity index (χ4v) is 4.43. The molecule has 0 aliphatic heterocycles. The van der Waals surface area contributed by atoms with Crippen LogP contribution in [0.25, 0.3) is 17.1 Å². The predicted molar refractivity (Wildman–Crippen MR) is 128 cm³/mol. The second kappa shape index (κ2) is 10.3. The molecule has 1 unspecified atom stereocenters. The molecule has 0 saturated heterocycles. The summed E-state index contributed by atoms with van der Waals surface area (Å²) in [4.78, 5) is 41.4. The first-order valence-electron chi connectivity index (χ1n) is 11.9. The number of benzene rings is 1. The molecule has 1 fully saturated rings. The van der Waals surface area contributed by atoms with Crippen molar-refractivity contribution in [2.75, 3.05) is 6.61 Å². The number of esters is 1. The number of ether oxygens (including phenoxy) is 2. The van der Waals surface area contributed by atoms with E-state index < -0.39 is 17.6 Å². The normalized spacial score (nSPS) is 15.3. The number of carbonyl (C=O) groups is 2. The molecule has 0 spiro atoms. The number of carbonyl (C=O) groups excluding carboxylic acids is 2. The van der Waals surface area contributed by atoms with Crippen molar-refractivity contribution in [1.29, 1.82) is 0 Å². The van der Waals surface area contributed by atoms with Gasteiger partial charge in [0.15, 0.2) is 12.2 Å². The first kappa shape index (κ1) is 23.7. The van der Waals surface area contributed by atoms with Gasteiger partial charge in [0.25, 0.3) is 5.56 Å². The van der Waals surface area contributed by atoms with E-state index >= 15 is 0 Å². The highest BCUT2D eigenvalue weighted by Gasteiger charge is 2.26. The maximum Gasteiger partial charge on any atom is 0.345 e. The first-order chi connectivity index (χ1) is 17.5. The molecule has 1 saturated carbocycles. The van der Waals surface area contributed by atoms with Crippen LogP contribution in [0.2, 0.25) is 0 Å². The molecular weight excluding hydrogens is 464 g/mol. The minimum Gasteiger partial charge on any atom is -0.462 e. The maximum atomic E-state index is 13.2. The SMILES string of the molecule is CCOC(=O)c1cn(CC(OC2CCC(=O)CC2)c2ccccc2)c2cc(-c3cnco3)nn2c1=O. The third-order valence-electron chi connectivity index (χ3n) is 6.25. The summed E-state index contributed by atoms with van der Waals surface area (Å²) >= 11 is 0. The van der Waals surface area contributed by atoms with Crippen LogP contribution in [0.15, 0.2) is 64.4 Å². The van der Waals surface area contributed by atoms with Crippen LogP contribution in [0.1, 0.15) is 54.6 Å². The van der Waals surface area contributed by atoms with E-state index in [4.69, 9.17) is 13.9 Å². The number of fused-ring (bicyclic) bond motifs is 1. The molecule has 1 aliphatic rings. The summed E-state index contributed by atoms with van der Waals surface area (Å²) in [5.74, 6) is -0.0746. The summed E-state index contributed by atoms with van der Waals surface area (Å²) in [6, 6.07) is 11.4. The third kappa shape index (κ3) is 4.85. The Hall–Kier alpha value is -4.05. The lowest BCUT2D eigenvalue weighted by atomic mass is 9.96. The summed E-state index contributed by atoms with van der Waals surface area (Å²) in [5.41, 5.74) is 1.09. The standard InChI is InChI=1S/C26H26N4O6/c1-2-34-26(33)20-14-29(24-12-21(22-13-27-16-35-22)28-30(24)25(20)32)15-23(17-6-4-3-5-7-17)36-19-10-8-18(31)9-11-19/h3-7,12-14,16,19,23H,2,8-11,15H2,1H3. The molecule has 36 heavy (non-hydrogen) atoms. The summed E-state index contributed by atoms with van der Waals surface area (Å²) in [7, 11) is 0. The van der Waals surface area contributed by atoms with Crippen LogP contribution in [-0.4, -0.2) is 43.6 Å². The lowest BCUT2D eigenvalue weighted by Crippen LogP contribution is -2.29. The molecule has 4 aromatic rings. The number of Topliss-reactive ketones (excluding diaryl/α,β-unsaturated/α-hetero) is 1. The number of nitrogens with zero attached hydrogens (tertiary/aromatic N) is 4. The second-order valence-corrected chi connectivity index (χ2v) is 8.66. The Bertz CT molecular complexity index is 1410. The van der Waals surface area contributed by atoms with E-state index in [2.05, 4.69) is 10.1 Å². The molecule has 10 heteroatoms. The minimum atomic E-state index is -0.724. The molecule has 0 N–H and O–H groups in total. The summed E-state index contributed by atoms with van der Waals surface area (Å²) in [6.07, 6.45) is 6.15. The van der Waals surface area contributed by atoms with Gasteiger partial charge in [0.05, 0.1) is 25.5 Å². The number of oxazole rings is 1. The van der Waals surface area contributed by atoms with E-state index in [-0.39, 0.29) is 24.1 Å². The zero-order valence-corrected chi connectivity index (χ0v) is 19.8. The Morgan fingerprint density at radius 2 is 1.97 bits per heavy atom. The van der Waals surface area contributed by atoms with E-state index in [1.807, 2.05) is 30.3 Å². The molecular formula is C26H26N4O6. The van der Waals surface area contributed by atoms with E-state index in [0.717, 1.165) is 5.56 Å². The van der Waals surface area contributed by atoms with E-state index in [1.54, 1.807) is 17.6 Å². The molecule has 5 rings (SSSR count). The number of hydrogen-bond donors (Lipinski definition) is 0. The Balaban J connectivity index is 1.58. The fourth-order valence-electron chi connectivity index (χ4n) is 4.43. The van der Waals surface area contributed by atoms with Crippen LogP contribution in [0.5, 0.6) is 0 Å². The second-order valence-electron chi connectivity index (χ2n) is 8.66. The van der Waals surface area contributed by atoms with Crippen LogP contribution < -0.4 is 5.56 Å². The molecule has 0 bridgehead atoms. The molecule has 3 aromatic heterocycles. The van der Waals surface area contributed by atoms with E-state index in [0.29, 0.717) is 49.3 Å². The van der Waals surface area contributed by atoms with E-state index in [9.17, 15) is 14.4 Å². The highest BCUT2D eigenvalue weighted by atomic mass is 16.5. The zero-order chi connectivity index (χ0) is 25.1. The van der Waals surface area contributed by atoms with Crippen molar-refractivity contribution in [3.8, 4) is 11.5 Å². The largest absolute Gasteiger partial charge is 0.462 e. The van der Waals surface area contributed by atoms with Gasteiger partial charge in [-0.15, -0.1) is 0 Å². The number of hydrogen-bond acceptors (Lipinski definition) is 8. The van der Waals surface area contributed by atoms with E-state index in [1.165, 1.54) is 23.3 Å². The van der Waals surface area contributed by atoms with Crippen LogP contribution in [-0.2, 0) is 20.8 Å². The van der Waals surface area contributed by atoms with Gasteiger partial charge in [0.2, 0.25) is 0 Å². The Kier molecular flexibility index (Phi) is 6.77. The van der Waals surface area contributed by atoms with Gasteiger partial charge < -0.3 is 18.5 Å². The van der Waals surface area contributed by atoms with Crippen molar-refractivity contribution < 1.29 is 23.5 Å². The Labute approximate surface area is 206 Å². The average molecular weight is 491 g/mol. The molecule has 1 atom stereocenters. The predicted octanol–water partition coefficient (Wildman–Crippen LogP) is 3.60.